The van der Waals surface area contributed by atoms with Crippen molar-refractivity contribution < 1.29 is 31.6 Å². The first-order valence-electron chi connectivity index (χ1n) is 7.66. The molecule has 1 N–H and O–H groups in total. The number of phenols is 1. The van der Waals surface area contributed by atoms with Crippen LogP contribution in [0.25, 0.3) is 0 Å². The fourth-order valence-corrected chi connectivity index (χ4v) is 2.19. The van der Waals surface area contributed by atoms with E-state index in [1.54, 1.807) is 7.11 Å². The zero-order valence-corrected chi connectivity index (χ0v) is 17.0. The summed E-state index contributed by atoms with van der Waals surface area (Å²) < 4.78 is 5.33. The summed E-state index contributed by atoms with van der Waals surface area (Å²) in [6.45, 7) is 12.5. The van der Waals surface area contributed by atoms with Gasteiger partial charge < -0.3 is 9.84 Å². The Balaban J connectivity index is 0.000000684. The van der Waals surface area contributed by atoms with Crippen LogP contribution in [-0.4, -0.2) is 12.2 Å². The third kappa shape index (κ3) is 6.49. The second-order valence-corrected chi connectivity index (χ2v) is 7.53. The Labute approximate surface area is 156 Å². The van der Waals surface area contributed by atoms with Crippen LogP contribution in [0.4, 0.5) is 0 Å². The van der Waals surface area contributed by atoms with E-state index in [1.807, 2.05) is 42.5 Å². The molecule has 2 rings (SSSR count). The first-order chi connectivity index (χ1) is 10.1. The van der Waals surface area contributed by atoms with Gasteiger partial charge in [-0.15, -0.1) is 0 Å². The number of phenolic OH excluding ortho intramolecular Hbond substituents is 1. The summed E-state index contributed by atoms with van der Waals surface area (Å²) in [4.78, 5) is 0. The second kappa shape index (κ2) is 8.66. The van der Waals surface area contributed by atoms with E-state index in [4.69, 9.17) is 4.74 Å². The van der Waals surface area contributed by atoms with Crippen molar-refractivity contribution in [2.24, 2.45) is 0 Å². The van der Waals surface area contributed by atoms with Gasteiger partial charge in [0.15, 0.2) is 0 Å². The standard InChI is InChI=1S/C15H24O2.C5H5.Ti/c1-14(2,3)11-8-10(17-7)9-12(13(11)16)15(4,5)6;1-2-4-5-3-1;/h8-9,16H,1-7H3;1-5H;/q;-1;. The molecule has 3 heteroatoms. The van der Waals surface area contributed by atoms with Crippen molar-refractivity contribution in [3.8, 4) is 11.5 Å². The predicted molar refractivity (Wildman–Crippen MR) is 94.1 cm³/mol. The molecule has 0 aromatic heterocycles. The van der Waals surface area contributed by atoms with E-state index >= 15 is 0 Å². The van der Waals surface area contributed by atoms with E-state index in [0.29, 0.717) is 5.75 Å². The van der Waals surface area contributed by atoms with Gasteiger partial charge in [0.05, 0.1) is 7.11 Å². The quantitative estimate of drug-likeness (QED) is 0.552. The van der Waals surface area contributed by atoms with E-state index in [9.17, 15) is 5.11 Å². The molecular weight excluding hydrogens is 320 g/mol. The minimum atomic E-state index is -0.0986. The average Bonchev–Trinajstić information content (AvgIpc) is 2.95. The van der Waals surface area contributed by atoms with Gasteiger partial charge >= 0.3 is 0 Å². The second-order valence-electron chi connectivity index (χ2n) is 7.53. The van der Waals surface area contributed by atoms with Crippen LogP contribution in [0, 0.1) is 0 Å². The molecule has 126 valence electrons. The summed E-state index contributed by atoms with van der Waals surface area (Å²) in [5.41, 5.74) is 1.67. The molecule has 0 aliphatic rings. The van der Waals surface area contributed by atoms with E-state index < -0.39 is 0 Å². The van der Waals surface area contributed by atoms with Gasteiger partial charge in [-0.1, -0.05) is 41.5 Å². The smallest absolute Gasteiger partial charge is 0.123 e. The summed E-state index contributed by atoms with van der Waals surface area (Å²) in [5, 5.41) is 10.4. The largest absolute Gasteiger partial charge is 0.507 e. The Morgan fingerprint density at radius 2 is 1.26 bits per heavy atom. The maximum absolute atomic E-state index is 10.4. The van der Waals surface area contributed by atoms with Gasteiger partial charge in [0, 0.05) is 32.8 Å². The van der Waals surface area contributed by atoms with Crippen molar-refractivity contribution in [1.29, 1.82) is 0 Å². The molecule has 2 aromatic carbocycles. The third-order valence-corrected chi connectivity index (χ3v) is 3.49. The zero-order chi connectivity index (χ0) is 17.0. The molecule has 0 saturated carbocycles. The molecule has 0 saturated heterocycles. The molecule has 0 spiro atoms. The van der Waals surface area contributed by atoms with Gasteiger partial charge in [-0.2, -0.15) is 18.2 Å². The fourth-order valence-electron chi connectivity index (χ4n) is 2.19. The monoisotopic (exact) mass is 349 g/mol. The number of hydrogen-bond acceptors (Lipinski definition) is 2. The number of ether oxygens (including phenoxy) is 1. The Morgan fingerprint density at radius 3 is 1.48 bits per heavy atom. The molecule has 0 fully saturated rings. The Morgan fingerprint density at radius 1 is 0.870 bits per heavy atom. The minimum Gasteiger partial charge on any atom is -0.507 e. The Hall–Kier alpha value is -1.12. The number of benzene rings is 1. The summed E-state index contributed by atoms with van der Waals surface area (Å²) in [5.74, 6) is 1.20. The molecule has 23 heavy (non-hydrogen) atoms. The number of rotatable bonds is 1. The van der Waals surface area contributed by atoms with Gasteiger partial charge in [0.1, 0.15) is 11.5 Å². The number of hydrogen-bond donors (Lipinski definition) is 1. The van der Waals surface area contributed by atoms with Crippen LogP contribution >= 0.6 is 0 Å². The van der Waals surface area contributed by atoms with Gasteiger partial charge in [0.2, 0.25) is 0 Å². The Bertz CT molecular complexity index is 520. The van der Waals surface area contributed by atoms with Crippen LogP contribution in [0.2, 0.25) is 0 Å². The molecule has 0 heterocycles. The summed E-state index contributed by atoms with van der Waals surface area (Å²) in [7, 11) is 1.66. The van der Waals surface area contributed by atoms with E-state index in [2.05, 4.69) is 41.5 Å². The van der Waals surface area contributed by atoms with Crippen molar-refractivity contribution in [2.45, 2.75) is 52.4 Å². The van der Waals surface area contributed by atoms with Crippen LogP contribution in [0.1, 0.15) is 52.7 Å². The molecule has 0 atom stereocenters. The van der Waals surface area contributed by atoms with Crippen LogP contribution in [0.15, 0.2) is 42.5 Å². The average molecular weight is 349 g/mol. The van der Waals surface area contributed by atoms with Crippen LogP contribution in [0.3, 0.4) is 0 Å². The molecule has 0 unspecified atom stereocenters. The van der Waals surface area contributed by atoms with Crippen LogP contribution < -0.4 is 4.74 Å². The first kappa shape index (κ1) is 21.9. The third-order valence-electron chi connectivity index (χ3n) is 3.49. The van der Waals surface area contributed by atoms with Gasteiger partial charge in [-0.25, -0.2) is 12.1 Å². The minimum absolute atomic E-state index is 0. The molecule has 0 bridgehead atoms. The number of aromatic hydroxyl groups is 1. The van der Waals surface area contributed by atoms with Crippen molar-refractivity contribution in [3.63, 3.8) is 0 Å². The topological polar surface area (TPSA) is 29.5 Å². The normalized spacial score (nSPS) is 11.1. The first-order valence-corrected chi connectivity index (χ1v) is 7.66. The Kier molecular flexibility index (Phi) is 8.24. The molecule has 0 aliphatic heterocycles. The van der Waals surface area contributed by atoms with E-state index in [1.165, 1.54) is 0 Å². The molecule has 0 amide bonds. The molecule has 0 aliphatic carbocycles. The summed E-state index contributed by atoms with van der Waals surface area (Å²) >= 11 is 0. The van der Waals surface area contributed by atoms with Crippen molar-refractivity contribution >= 4 is 0 Å². The summed E-state index contributed by atoms with van der Waals surface area (Å²) in [6, 6.07) is 13.8. The maximum Gasteiger partial charge on any atom is 0.123 e. The van der Waals surface area contributed by atoms with E-state index in [0.717, 1.165) is 16.9 Å². The van der Waals surface area contributed by atoms with Crippen molar-refractivity contribution in [1.82, 2.24) is 0 Å². The molecule has 0 radical (unpaired) electrons. The van der Waals surface area contributed by atoms with Crippen LogP contribution in [0.5, 0.6) is 11.5 Å². The van der Waals surface area contributed by atoms with Crippen molar-refractivity contribution in [2.75, 3.05) is 7.11 Å². The van der Waals surface area contributed by atoms with Gasteiger partial charge in [0.25, 0.3) is 0 Å². The molecule has 2 aromatic rings. The van der Waals surface area contributed by atoms with Crippen molar-refractivity contribution in [3.05, 3.63) is 53.6 Å². The fraction of sp³-hybridized carbons (Fsp3) is 0.450. The predicted octanol–water partition coefficient (Wildman–Crippen LogP) is 5.40. The van der Waals surface area contributed by atoms with Gasteiger partial charge in [-0.3, -0.25) is 0 Å². The van der Waals surface area contributed by atoms with Gasteiger partial charge in [-0.05, 0) is 23.0 Å². The SMILES string of the molecule is COc1cc(C(C)(C)C)c(O)c(C(C)(C)C)c1.[Ti].c1cc[cH-]c1. The molecule has 2 nitrogen and oxygen atoms in total. The number of methoxy groups -OCH3 is 1. The van der Waals surface area contributed by atoms with E-state index in [-0.39, 0.29) is 32.5 Å². The zero-order valence-electron chi connectivity index (χ0n) is 15.4. The molecular formula is C20H29O2Ti-. The van der Waals surface area contributed by atoms with Crippen LogP contribution in [-0.2, 0) is 32.5 Å². The maximum atomic E-state index is 10.4. The summed E-state index contributed by atoms with van der Waals surface area (Å²) in [6.07, 6.45) is 0.